The summed E-state index contributed by atoms with van der Waals surface area (Å²) in [5.74, 6) is -2.52. The molecule has 0 aliphatic carbocycles. The Balaban J connectivity index is 1.66. The molecule has 0 aliphatic rings. The van der Waals surface area contributed by atoms with E-state index in [1.165, 1.54) is 24.1 Å². The Labute approximate surface area is 207 Å². The van der Waals surface area contributed by atoms with E-state index in [-0.39, 0.29) is 35.1 Å². The van der Waals surface area contributed by atoms with Crippen LogP contribution in [0.3, 0.4) is 0 Å². The number of anilines is 2. The predicted molar refractivity (Wildman–Crippen MR) is 124 cm³/mol. The maximum absolute atomic E-state index is 14.4. The number of rotatable bonds is 8. The number of carbonyl (C=O) groups is 1. The van der Waals surface area contributed by atoms with Crippen LogP contribution in [0.5, 0.6) is 0 Å². The number of hydrogen-bond acceptors (Lipinski definition) is 6. The van der Waals surface area contributed by atoms with Gasteiger partial charge in [-0.1, -0.05) is 0 Å². The van der Waals surface area contributed by atoms with Crippen molar-refractivity contribution < 1.29 is 26.7 Å². The van der Waals surface area contributed by atoms with Crippen molar-refractivity contribution in [2.75, 3.05) is 18.5 Å². The van der Waals surface area contributed by atoms with Crippen molar-refractivity contribution >= 4 is 17.4 Å². The zero-order valence-corrected chi connectivity index (χ0v) is 19.4. The fraction of sp³-hybridized carbons (Fsp3) is 0.208. The van der Waals surface area contributed by atoms with Gasteiger partial charge in [-0.3, -0.25) is 9.78 Å². The minimum atomic E-state index is -4.66. The molecule has 4 rings (SSSR count). The van der Waals surface area contributed by atoms with E-state index in [0.29, 0.717) is 25.2 Å². The molecular formula is C24H20F5N7O. The summed E-state index contributed by atoms with van der Waals surface area (Å²) in [5.41, 5.74) is -1.35. The van der Waals surface area contributed by atoms with Crippen LogP contribution in [0.25, 0.3) is 11.4 Å². The van der Waals surface area contributed by atoms with E-state index in [1.54, 1.807) is 18.7 Å². The molecule has 0 spiro atoms. The molecule has 0 unspecified atom stereocenters. The molecule has 1 amide bonds. The van der Waals surface area contributed by atoms with E-state index in [2.05, 4.69) is 25.3 Å². The summed E-state index contributed by atoms with van der Waals surface area (Å²) in [5, 5.41) is 2.70. The summed E-state index contributed by atoms with van der Waals surface area (Å²) in [6.45, 7) is 0.877. The molecule has 0 bridgehead atoms. The summed E-state index contributed by atoms with van der Waals surface area (Å²) in [6, 6.07) is 4.96. The van der Waals surface area contributed by atoms with E-state index in [9.17, 15) is 26.7 Å². The van der Waals surface area contributed by atoms with Crippen molar-refractivity contribution in [3.05, 3.63) is 84.3 Å². The van der Waals surface area contributed by atoms with Gasteiger partial charge in [0.05, 0.1) is 17.6 Å². The second-order valence-corrected chi connectivity index (χ2v) is 7.96. The number of pyridine rings is 1. The number of halogens is 5. The van der Waals surface area contributed by atoms with Gasteiger partial charge < -0.3 is 14.8 Å². The molecule has 3 heterocycles. The predicted octanol–water partition coefficient (Wildman–Crippen LogP) is 4.62. The highest BCUT2D eigenvalue weighted by atomic mass is 19.4. The lowest BCUT2D eigenvalue weighted by Gasteiger charge is -2.20. The Bertz CT molecular complexity index is 1390. The van der Waals surface area contributed by atoms with Gasteiger partial charge in [-0.05, 0) is 24.6 Å². The molecule has 0 aliphatic heterocycles. The van der Waals surface area contributed by atoms with Crippen molar-refractivity contribution in [2.45, 2.75) is 19.1 Å². The number of hydrogen-bond donors (Lipinski definition) is 1. The Morgan fingerprint density at radius 1 is 1.08 bits per heavy atom. The number of imidazole rings is 1. The summed E-state index contributed by atoms with van der Waals surface area (Å²) in [6.07, 6.45) is 2.73. The van der Waals surface area contributed by atoms with Gasteiger partial charge in [0, 0.05) is 62.6 Å². The fourth-order valence-corrected chi connectivity index (χ4v) is 3.42. The van der Waals surface area contributed by atoms with Crippen LogP contribution in [0.2, 0.25) is 0 Å². The van der Waals surface area contributed by atoms with Crippen molar-refractivity contribution in [3.63, 3.8) is 0 Å². The third kappa shape index (κ3) is 6.23. The highest BCUT2D eigenvalue weighted by Crippen LogP contribution is 2.32. The van der Waals surface area contributed by atoms with Gasteiger partial charge in [-0.15, -0.1) is 0 Å². The van der Waals surface area contributed by atoms with Crippen molar-refractivity contribution in [2.24, 2.45) is 0 Å². The fourth-order valence-electron chi connectivity index (χ4n) is 3.42. The van der Waals surface area contributed by atoms with Crippen LogP contribution >= 0.6 is 0 Å². The minimum Gasteiger partial charge on any atom is -0.351 e. The molecule has 0 radical (unpaired) electrons. The molecule has 37 heavy (non-hydrogen) atoms. The number of nitrogens with one attached hydrogen (secondary N) is 1. The first-order valence-corrected chi connectivity index (χ1v) is 11.0. The topological polar surface area (TPSA) is 88.8 Å². The Kier molecular flexibility index (Phi) is 7.41. The van der Waals surface area contributed by atoms with Gasteiger partial charge >= 0.3 is 6.18 Å². The molecule has 0 fully saturated rings. The van der Waals surface area contributed by atoms with E-state index in [4.69, 9.17) is 0 Å². The number of carbonyl (C=O) groups excluding carboxylic acids is 1. The summed E-state index contributed by atoms with van der Waals surface area (Å²) >= 11 is 0. The van der Waals surface area contributed by atoms with Crippen molar-refractivity contribution in [3.8, 4) is 11.4 Å². The number of amides is 1. The highest BCUT2D eigenvalue weighted by molar-refractivity contribution is 5.93. The monoisotopic (exact) mass is 517 g/mol. The Morgan fingerprint density at radius 2 is 1.89 bits per heavy atom. The van der Waals surface area contributed by atoms with Gasteiger partial charge in [0.2, 0.25) is 0 Å². The third-order valence-corrected chi connectivity index (χ3v) is 5.32. The molecule has 0 saturated carbocycles. The van der Waals surface area contributed by atoms with Crippen LogP contribution in [0.15, 0.2) is 61.4 Å². The average Bonchev–Trinajstić information content (AvgIpc) is 3.39. The normalized spacial score (nSPS) is 11.4. The Hall–Kier alpha value is -4.42. The van der Waals surface area contributed by atoms with Crippen LogP contribution in [0.1, 0.15) is 22.5 Å². The largest absolute Gasteiger partial charge is 0.417 e. The van der Waals surface area contributed by atoms with Crippen molar-refractivity contribution in [1.82, 2.24) is 29.8 Å². The first-order valence-electron chi connectivity index (χ1n) is 11.0. The maximum Gasteiger partial charge on any atom is 0.417 e. The number of alkyl halides is 3. The van der Waals surface area contributed by atoms with Crippen LogP contribution < -0.4 is 10.2 Å². The van der Waals surface area contributed by atoms with Gasteiger partial charge in [-0.2, -0.15) is 13.2 Å². The molecule has 0 saturated heterocycles. The molecule has 1 N–H and O–H groups in total. The summed E-state index contributed by atoms with van der Waals surface area (Å²) in [4.78, 5) is 30.0. The second-order valence-electron chi connectivity index (χ2n) is 7.96. The average molecular weight is 517 g/mol. The van der Waals surface area contributed by atoms with E-state index < -0.39 is 29.3 Å². The standard InChI is InChI=1S/C24H20F5N7O/c1-35(20-4-3-17(25)10-18(20)26)21-11-19(23(37)32-5-2-7-36-8-6-30-14-36)33-22(34-21)15-9-16(13-31-12-15)24(27,28)29/h3-4,6,8-14H,2,5,7H2,1H3,(H,32,37). The molecule has 4 aromatic rings. The van der Waals surface area contributed by atoms with Gasteiger partial charge in [0.25, 0.3) is 5.91 Å². The summed E-state index contributed by atoms with van der Waals surface area (Å²) in [7, 11) is 1.42. The van der Waals surface area contributed by atoms with E-state index in [0.717, 1.165) is 18.3 Å². The highest BCUT2D eigenvalue weighted by Gasteiger charge is 2.31. The maximum atomic E-state index is 14.4. The lowest BCUT2D eigenvalue weighted by Crippen LogP contribution is -2.27. The number of nitrogens with zero attached hydrogens (tertiary/aromatic N) is 6. The Morgan fingerprint density at radius 3 is 2.59 bits per heavy atom. The number of aromatic nitrogens is 5. The minimum absolute atomic E-state index is 0.00325. The molecular weight excluding hydrogens is 497 g/mol. The van der Waals surface area contributed by atoms with Crippen LogP contribution in [-0.4, -0.2) is 44.0 Å². The van der Waals surface area contributed by atoms with Crippen LogP contribution in [0.4, 0.5) is 33.5 Å². The van der Waals surface area contributed by atoms with Gasteiger partial charge in [0.1, 0.15) is 23.1 Å². The molecule has 3 aromatic heterocycles. The zero-order valence-electron chi connectivity index (χ0n) is 19.4. The smallest absolute Gasteiger partial charge is 0.351 e. The first kappa shape index (κ1) is 25.7. The van der Waals surface area contributed by atoms with E-state index in [1.807, 2.05) is 4.57 Å². The molecule has 8 nitrogen and oxygen atoms in total. The molecule has 192 valence electrons. The zero-order chi connectivity index (χ0) is 26.6. The first-order chi connectivity index (χ1) is 17.6. The molecule has 13 heteroatoms. The lowest BCUT2D eigenvalue weighted by atomic mass is 10.2. The van der Waals surface area contributed by atoms with Crippen molar-refractivity contribution in [1.29, 1.82) is 0 Å². The van der Waals surface area contributed by atoms with Crippen LogP contribution in [0, 0.1) is 11.6 Å². The quantitative estimate of drug-likeness (QED) is 0.271. The second kappa shape index (κ2) is 10.7. The number of aryl methyl sites for hydroxylation is 1. The van der Waals surface area contributed by atoms with Crippen LogP contribution in [-0.2, 0) is 12.7 Å². The summed E-state index contributed by atoms with van der Waals surface area (Å²) < 4.78 is 69.4. The molecule has 0 atom stereocenters. The number of benzene rings is 1. The third-order valence-electron chi connectivity index (χ3n) is 5.32. The van der Waals surface area contributed by atoms with E-state index >= 15 is 0 Å². The lowest BCUT2D eigenvalue weighted by molar-refractivity contribution is -0.137. The van der Waals surface area contributed by atoms with Gasteiger partial charge in [0.15, 0.2) is 5.82 Å². The SMILES string of the molecule is CN(c1cc(C(=O)NCCCn2ccnc2)nc(-c2cncc(C(F)(F)F)c2)n1)c1ccc(F)cc1F. The molecule has 1 aromatic carbocycles. The van der Waals surface area contributed by atoms with Gasteiger partial charge in [-0.25, -0.2) is 23.7 Å².